The van der Waals surface area contributed by atoms with Gasteiger partial charge in [0, 0.05) is 45.8 Å². The lowest BCUT2D eigenvalue weighted by Gasteiger charge is -2.47. The number of fused-ring (bicyclic) bond motifs is 3. The van der Waals surface area contributed by atoms with Crippen LogP contribution in [0, 0.1) is 11.8 Å². The number of nitrogens with zero attached hydrogens (tertiary/aromatic N) is 1. The summed E-state index contributed by atoms with van der Waals surface area (Å²) in [7, 11) is 1.65. The van der Waals surface area contributed by atoms with Crippen molar-refractivity contribution in [3.05, 3.63) is 136 Å². The van der Waals surface area contributed by atoms with Crippen molar-refractivity contribution in [2.45, 2.75) is 101 Å². The van der Waals surface area contributed by atoms with E-state index in [-0.39, 0.29) is 17.2 Å². The Kier molecular flexibility index (Phi) is 13.6. The number of methoxy groups -OCH3 is 1. The van der Waals surface area contributed by atoms with Crippen molar-refractivity contribution in [1.82, 2.24) is 10.3 Å². The smallest absolute Gasteiger partial charge is 0.329 e. The molecule has 5 aromatic rings. The number of para-hydroxylation sites is 1. The first-order valence-corrected chi connectivity index (χ1v) is 23.1. The molecule has 1 spiro atoms. The van der Waals surface area contributed by atoms with Gasteiger partial charge in [0.2, 0.25) is 0 Å². The molecule has 4 aromatic carbocycles. The number of rotatable bonds is 17. The Morgan fingerprint density at radius 2 is 1.75 bits per heavy atom. The summed E-state index contributed by atoms with van der Waals surface area (Å²) in [6, 6.07) is 31.3. The van der Waals surface area contributed by atoms with Gasteiger partial charge in [-0.15, -0.1) is 0 Å². The number of hydrogen-bond donors (Lipinski definition) is 3. The number of anilines is 1. The van der Waals surface area contributed by atoms with Gasteiger partial charge in [-0.1, -0.05) is 67.9 Å². The fraction of sp³-hybridized carbons (Fsp3) is 0.415. The molecule has 9 nitrogen and oxygen atoms in total. The van der Waals surface area contributed by atoms with Gasteiger partial charge >= 0.3 is 5.97 Å². The number of carbonyl (C=O) groups excluding carboxylic acids is 1. The molecule has 1 amide bonds. The van der Waals surface area contributed by atoms with Gasteiger partial charge in [-0.2, -0.15) is 0 Å². The van der Waals surface area contributed by atoms with Crippen molar-refractivity contribution in [2.75, 3.05) is 32.2 Å². The van der Waals surface area contributed by atoms with Crippen molar-refractivity contribution >= 4 is 29.2 Å². The van der Waals surface area contributed by atoms with E-state index in [2.05, 4.69) is 47.7 Å². The average Bonchev–Trinajstić information content (AvgIpc) is 3.58. The quantitative estimate of drug-likeness (QED) is 0.0791. The Bertz CT molecular complexity index is 2410. The molecule has 3 aliphatic rings. The van der Waals surface area contributed by atoms with Gasteiger partial charge in [-0.3, -0.25) is 9.78 Å². The summed E-state index contributed by atoms with van der Waals surface area (Å²) in [4.78, 5) is 30.9. The molecule has 0 radical (unpaired) electrons. The fourth-order valence-electron chi connectivity index (χ4n) is 10.6. The lowest BCUT2D eigenvalue weighted by atomic mass is 9.59. The summed E-state index contributed by atoms with van der Waals surface area (Å²) >= 11 is 6.33. The lowest BCUT2D eigenvalue weighted by Crippen LogP contribution is -2.53. The zero-order chi connectivity index (χ0) is 44.0. The number of amides is 1. The molecule has 1 fully saturated rings. The lowest BCUT2D eigenvalue weighted by molar-refractivity contribution is -0.144. The van der Waals surface area contributed by atoms with E-state index in [1.54, 1.807) is 19.2 Å². The first-order valence-electron chi connectivity index (χ1n) is 22.7. The summed E-state index contributed by atoms with van der Waals surface area (Å²) in [5.74, 6) is 2.66. The van der Waals surface area contributed by atoms with E-state index < -0.39 is 11.5 Å². The van der Waals surface area contributed by atoms with Crippen LogP contribution in [0.25, 0.3) is 11.1 Å². The van der Waals surface area contributed by atoms with E-state index in [4.69, 9.17) is 25.8 Å². The van der Waals surface area contributed by atoms with Crippen molar-refractivity contribution in [1.29, 1.82) is 0 Å². The monoisotopic (exact) mass is 869 g/mol. The number of aromatic nitrogens is 1. The summed E-state index contributed by atoms with van der Waals surface area (Å²) < 4.78 is 18.5. The number of carbonyl (C=O) groups is 2. The fourth-order valence-corrected chi connectivity index (χ4v) is 10.8. The van der Waals surface area contributed by atoms with Crippen molar-refractivity contribution < 1.29 is 28.9 Å². The zero-order valence-electron chi connectivity index (χ0n) is 36.8. The third kappa shape index (κ3) is 9.69. The second-order valence-electron chi connectivity index (χ2n) is 18.1. The molecular weight excluding hydrogens is 810 g/mol. The minimum absolute atomic E-state index is 0.111. The number of aryl methyl sites for hydroxylation is 1. The van der Waals surface area contributed by atoms with Crippen LogP contribution in [0.2, 0.25) is 5.02 Å². The first-order chi connectivity index (χ1) is 30.6. The maximum Gasteiger partial charge on any atom is 0.329 e. The third-order valence-electron chi connectivity index (χ3n) is 13.9. The van der Waals surface area contributed by atoms with Crippen LogP contribution in [0.4, 0.5) is 5.69 Å². The molecular formula is C53H60ClN3O6. The third-order valence-corrected chi connectivity index (χ3v) is 14.2. The molecule has 8 rings (SSSR count). The maximum atomic E-state index is 13.1. The molecule has 1 unspecified atom stereocenters. The molecule has 63 heavy (non-hydrogen) atoms. The summed E-state index contributed by atoms with van der Waals surface area (Å²) in [6.45, 7) is 6.24. The molecule has 0 saturated heterocycles. The molecule has 1 aromatic heterocycles. The van der Waals surface area contributed by atoms with E-state index in [0.29, 0.717) is 55.0 Å². The van der Waals surface area contributed by atoms with Gasteiger partial charge in [0.1, 0.15) is 22.8 Å². The van der Waals surface area contributed by atoms with Crippen molar-refractivity contribution in [2.24, 2.45) is 11.8 Å². The van der Waals surface area contributed by atoms with Crippen LogP contribution >= 0.6 is 11.6 Å². The minimum Gasteiger partial charge on any atom is -0.496 e. The number of aliphatic carboxylic acids is 1. The van der Waals surface area contributed by atoms with Crippen LogP contribution in [0.3, 0.4) is 0 Å². The van der Waals surface area contributed by atoms with E-state index in [9.17, 15) is 14.7 Å². The zero-order valence-corrected chi connectivity index (χ0v) is 37.5. The van der Waals surface area contributed by atoms with Gasteiger partial charge in [-0.25, -0.2) is 4.79 Å². The highest BCUT2D eigenvalue weighted by atomic mass is 35.5. The highest BCUT2D eigenvalue weighted by Crippen LogP contribution is 2.57. The molecule has 1 saturated carbocycles. The predicted octanol–water partition coefficient (Wildman–Crippen LogP) is 11.5. The van der Waals surface area contributed by atoms with Crippen LogP contribution in [0.1, 0.15) is 110 Å². The number of pyridine rings is 1. The second-order valence-corrected chi connectivity index (χ2v) is 18.5. The van der Waals surface area contributed by atoms with Gasteiger partial charge in [0.05, 0.1) is 20.3 Å². The Hall–Kier alpha value is -5.54. The SMILES string of the molecule is COc1ccccc1-c1cccc(C(=O)NCCCCOc2ccc3c(c2)C2(CCC(Nc4cccc(Cl)c4)(C(=O)O)CC2)C(C[C@@H](C)COc2ccnc4c2[C@H](C)CCC4)C3)c1. The van der Waals surface area contributed by atoms with Crippen LogP contribution in [-0.4, -0.2) is 54.4 Å². The molecule has 0 aliphatic heterocycles. The predicted molar refractivity (Wildman–Crippen MR) is 250 cm³/mol. The number of unbranched alkanes of at least 4 members (excludes halogenated alkanes) is 1. The summed E-state index contributed by atoms with van der Waals surface area (Å²) in [5, 5.41) is 17.8. The van der Waals surface area contributed by atoms with E-state index in [1.807, 2.05) is 72.9 Å². The second kappa shape index (κ2) is 19.5. The average molecular weight is 871 g/mol. The normalized spacial score (nSPS) is 21.8. The number of hydrogen-bond acceptors (Lipinski definition) is 7. The van der Waals surface area contributed by atoms with Gasteiger partial charge < -0.3 is 30.0 Å². The van der Waals surface area contributed by atoms with E-state index >= 15 is 0 Å². The van der Waals surface area contributed by atoms with E-state index in [1.165, 1.54) is 28.8 Å². The van der Waals surface area contributed by atoms with Gasteiger partial charge in [-0.05, 0) is 165 Å². The largest absolute Gasteiger partial charge is 0.496 e. The number of carboxylic acid groups (broad SMARTS) is 1. The number of benzene rings is 4. The summed E-state index contributed by atoms with van der Waals surface area (Å²) in [5.41, 5.74) is 6.95. The minimum atomic E-state index is -1.10. The van der Waals surface area contributed by atoms with Crippen LogP contribution < -0.4 is 24.8 Å². The molecule has 0 bridgehead atoms. The molecule has 1 heterocycles. The van der Waals surface area contributed by atoms with Crippen LogP contribution in [0.5, 0.6) is 17.2 Å². The summed E-state index contributed by atoms with van der Waals surface area (Å²) in [6.07, 6.45) is 11.1. The van der Waals surface area contributed by atoms with Crippen molar-refractivity contribution in [3.63, 3.8) is 0 Å². The Balaban J connectivity index is 0.923. The Morgan fingerprint density at radius 1 is 0.921 bits per heavy atom. The molecule has 330 valence electrons. The number of ether oxygens (including phenoxy) is 3. The standard InChI is InChI=1S/C53H60ClN3O6/c1-35(34-63-48-21-27-55-46-17-8-11-36(2)49(46)48)29-40-31-38-19-20-43(33-45(38)52(40)22-24-53(25-23-52,51(59)60)57-42-15-10-14-41(54)32-42)62-28-7-6-26-56-50(58)39-13-9-12-37(30-39)44-16-4-5-18-47(44)61-3/h4-5,9-10,12-16,18-21,27,30,32-33,35-36,40,57H,6-8,11,17,22-26,28-29,31,34H2,1-3H3,(H,56,58)(H,59,60)/t35-,36-,40?,52?,53?/m1/s1. The van der Waals surface area contributed by atoms with Crippen LogP contribution in [-0.2, 0) is 23.1 Å². The Labute approximate surface area is 376 Å². The molecule has 3 aliphatic carbocycles. The molecule has 10 heteroatoms. The maximum absolute atomic E-state index is 13.1. The highest BCUT2D eigenvalue weighted by Gasteiger charge is 2.54. The van der Waals surface area contributed by atoms with E-state index in [0.717, 1.165) is 85.4 Å². The molecule has 3 N–H and O–H groups in total. The molecule has 3 atom stereocenters. The number of nitrogens with one attached hydrogen (secondary N) is 2. The topological polar surface area (TPSA) is 119 Å². The van der Waals surface area contributed by atoms with Crippen molar-refractivity contribution in [3.8, 4) is 28.4 Å². The Morgan fingerprint density at radius 3 is 2.56 bits per heavy atom. The number of halogens is 1. The van der Waals surface area contributed by atoms with Gasteiger partial charge in [0.25, 0.3) is 5.91 Å². The number of carboxylic acids is 1. The van der Waals surface area contributed by atoms with Crippen LogP contribution in [0.15, 0.2) is 103 Å². The highest BCUT2D eigenvalue weighted by molar-refractivity contribution is 6.30. The van der Waals surface area contributed by atoms with Gasteiger partial charge in [0.15, 0.2) is 0 Å². The first kappa shape index (κ1) is 44.1.